The molecule has 7 heteroatoms. The van der Waals surface area contributed by atoms with Crippen molar-refractivity contribution in [1.29, 1.82) is 5.26 Å². The summed E-state index contributed by atoms with van der Waals surface area (Å²) in [6.45, 7) is 3.25. The molecule has 1 heterocycles. The smallest absolute Gasteiger partial charge is 0.233 e. The zero-order valence-electron chi connectivity index (χ0n) is 11.7. The van der Waals surface area contributed by atoms with E-state index in [0.29, 0.717) is 39.0 Å². The fourth-order valence-electron chi connectivity index (χ4n) is 1.99. The van der Waals surface area contributed by atoms with E-state index in [1.54, 1.807) is 0 Å². The van der Waals surface area contributed by atoms with Crippen LogP contribution in [-0.4, -0.2) is 44.7 Å². The molecule has 1 aliphatic rings. The Morgan fingerprint density at radius 2 is 1.80 bits per heavy atom. The molecule has 0 saturated carbocycles. The van der Waals surface area contributed by atoms with Crippen LogP contribution >= 0.6 is 0 Å². The highest BCUT2D eigenvalue weighted by Gasteiger charge is 2.25. The number of nitrogens with zero attached hydrogens (tertiary/aromatic N) is 1. The van der Waals surface area contributed by atoms with Gasteiger partial charge in [0.25, 0.3) is 0 Å². The fraction of sp³-hybridized carbons (Fsp3) is 0.769. The normalized spacial score (nSPS) is 22.4. The first kappa shape index (κ1) is 16.4. The van der Waals surface area contributed by atoms with E-state index in [2.05, 4.69) is 21.3 Å². The number of amides is 2. The second-order valence-corrected chi connectivity index (χ2v) is 4.72. The van der Waals surface area contributed by atoms with Gasteiger partial charge in [0.05, 0.1) is 12.7 Å². The third kappa shape index (κ3) is 6.50. The number of rotatable bonds is 3. The Labute approximate surface area is 119 Å². The van der Waals surface area contributed by atoms with Gasteiger partial charge < -0.3 is 16.0 Å². The van der Waals surface area contributed by atoms with Gasteiger partial charge in [-0.25, -0.2) is 0 Å². The van der Waals surface area contributed by atoms with Crippen LogP contribution in [0.25, 0.3) is 0 Å². The summed E-state index contributed by atoms with van der Waals surface area (Å²) in [5.41, 5.74) is 0. The van der Waals surface area contributed by atoms with Crippen molar-refractivity contribution in [3.63, 3.8) is 0 Å². The third-order valence-electron chi connectivity index (χ3n) is 3.11. The molecule has 0 radical (unpaired) electrons. The predicted octanol–water partition coefficient (Wildman–Crippen LogP) is -0.931. The quantitative estimate of drug-likeness (QED) is 0.395. The summed E-state index contributed by atoms with van der Waals surface area (Å²) >= 11 is 0. The molecule has 1 saturated heterocycles. The van der Waals surface area contributed by atoms with E-state index in [0.717, 1.165) is 19.5 Å². The summed E-state index contributed by atoms with van der Waals surface area (Å²) < 4.78 is 0. The standard InChI is InChI=1S/C13H23N5O2/c14-5-2-1-4-11-12(19)17-9-8-15-6-3-7-16-10-18-13(11)20/h11,15-16H,1-4,6-10H2,(H,17,19)(H,18,20). The number of hydrogen-bond acceptors (Lipinski definition) is 5. The summed E-state index contributed by atoms with van der Waals surface area (Å²) in [4.78, 5) is 24.0. The van der Waals surface area contributed by atoms with Crippen LogP contribution in [0.5, 0.6) is 0 Å². The average molecular weight is 281 g/mol. The Bertz CT molecular complexity index is 329. The van der Waals surface area contributed by atoms with Crippen molar-refractivity contribution >= 4 is 11.8 Å². The van der Waals surface area contributed by atoms with E-state index in [9.17, 15) is 9.59 Å². The lowest BCUT2D eigenvalue weighted by Crippen LogP contribution is -2.44. The van der Waals surface area contributed by atoms with Crippen LogP contribution in [0.4, 0.5) is 0 Å². The van der Waals surface area contributed by atoms with Crippen molar-refractivity contribution in [2.45, 2.75) is 25.7 Å². The Kier molecular flexibility index (Phi) is 8.35. The summed E-state index contributed by atoms with van der Waals surface area (Å²) in [7, 11) is 0. The molecule has 0 aromatic rings. The van der Waals surface area contributed by atoms with E-state index >= 15 is 0 Å². The molecule has 0 bridgehead atoms. The van der Waals surface area contributed by atoms with E-state index in [1.165, 1.54) is 0 Å². The topological polar surface area (TPSA) is 106 Å². The van der Waals surface area contributed by atoms with Gasteiger partial charge in [-0.15, -0.1) is 0 Å². The van der Waals surface area contributed by atoms with Crippen molar-refractivity contribution in [3.8, 4) is 6.07 Å². The fourth-order valence-corrected chi connectivity index (χ4v) is 1.99. The molecule has 1 rings (SSSR count). The van der Waals surface area contributed by atoms with Gasteiger partial charge >= 0.3 is 0 Å². The zero-order chi connectivity index (χ0) is 14.6. The van der Waals surface area contributed by atoms with Crippen LogP contribution in [-0.2, 0) is 9.59 Å². The monoisotopic (exact) mass is 281 g/mol. The summed E-state index contributed by atoms with van der Waals surface area (Å²) in [5.74, 6) is -1.26. The lowest BCUT2D eigenvalue weighted by atomic mass is 10.00. The lowest BCUT2D eigenvalue weighted by molar-refractivity contribution is -0.135. The van der Waals surface area contributed by atoms with Crippen molar-refractivity contribution in [3.05, 3.63) is 0 Å². The van der Waals surface area contributed by atoms with Gasteiger partial charge in [0.2, 0.25) is 11.8 Å². The maximum absolute atomic E-state index is 12.0. The predicted molar refractivity (Wildman–Crippen MR) is 74.5 cm³/mol. The van der Waals surface area contributed by atoms with E-state index in [-0.39, 0.29) is 11.8 Å². The summed E-state index contributed by atoms with van der Waals surface area (Å²) in [6.07, 6.45) is 2.28. The molecule has 4 N–H and O–H groups in total. The summed E-state index contributed by atoms with van der Waals surface area (Å²) in [5, 5.41) is 20.3. The minimum Gasteiger partial charge on any atom is -0.354 e. The number of hydrogen-bond donors (Lipinski definition) is 4. The largest absolute Gasteiger partial charge is 0.354 e. The van der Waals surface area contributed by atoms with Gasteiger partial charge in [-0.05, 0) is 32.4 Å². The average Bonchev–Trinajstić information content (AvgIpc) is 2.45. The van der Waals surface area contributed by atoms with E-state index in [4.69, 9.17) is 5.26 Å². The molecule has 1 unspecified atom stereocenters. The molecule has 7 nitrogen and oxygen atoms in total. The molecule has 112 valence electrons. The zero-order valence-corrected chi connectivity index (χ0v) is 11.7. The molecule has 1 fully saturated rings. The van der Waals surface area contributed by atoms with E-state index < -0.39 is 5.92 Å². The van der Waals surface area contributed by atoms with Crippen molar-refractivity contribution in [1.82, 2.24) is 21.3 Å². The molecule has 0 aliphatic carbocycles. The number of unbranched alkanes of at least 4 members (excludes halogenated alkanes) is 1. The maximum Gasteiger partial charge on any atom is 0.233 e. The van der Waals surface area contributed by atoms with Crippen LogP contribution in [0.3, 0.4) is 0 Å². The minimum atomic E-state index is -0.717. The first-order valence-corrected chi connectivity index (χ1v) is 7.09. The number of carbonyl (C=O) groups excluding carboxylic acids is 2. The van der Waals surface area contributed by atoms with Gasteiger partial charge in [0.15, 0.2) is 0 Å². The highest BCUT2D eigenvalue weighted by atomic mass is 16.2. The van der Waals surface area contributed by atoms with Crippen molar-refractivity contribution in [2.24, 2.45) is 5.92 Å². The Morgan fingerprint density at radius 1 is 1.05 bits per heavy atom. The molecule has 0 aromatic heterocycles. The first-order chi connectivity index (χ1) is 9.75. The highest BCUT2D eigenvalue weighted by molar-refractivity contribution is 6.00. The van der Waals surface area contributed by atoms with Gasteiger partial charge in [0, 0.05) is 19.5 Å². The Balaban J connectivity index is 2.55. The molecule has 20 heavy (non-hydrogen) atoms. The molecular weight excluding hydrogens is 258 g/mol. The second-order valence-electron chi connectivity index (χ2n) is 4.72. The summed E-state index contributed by atoms with van der Waals surface area (Å²) in [6, 6.07) is 2.03. The van der Waals surface area contributed by atoms with Crippen molar-refractivity contribution < 1.29 is 9.59 Å². The van der Waals surface area contributed by atoms with Crippen LogP contribution in [0.15, 0.2) is 0 Å². The maximum atomic E-state index is 12.0. The number of nitriles is 1. The van der Waals surface area contributed by atoms with Gasteiger partial charge in [0.1, 0.15) is 5.92 Å². The Morgan fingerprint density at radius 3 is 2.60 bits per heavy atom. The minimum absolute atomic E-state index is 0.263. The van der Waals surface area contributed by atoms with Crippen LogP contribution in [0.1, 0.15) is 25.7 Å². The SMILES string of the molecule is N#CCCCC1C(=O)NCCNCCCNCNC1=O. The lowest BCUT2D eigenvalue weighted by Gasteiger charge is -2.16. The van der Waals surface area contributed by atoms with Crippen LogP contribution in [0, 0.1) is 17.2 Å². The molecule has 1 aliphatic heterocycles. The molecule has 0 spiro atoms. The molecule has 0 aromatic carbocycles. The Hall–Kier alpha value is -1.65. The number of carbonyl (C=O) groups is 2. The number of nitrogens with one attached hydrogen (secondary N) is 4. The third-order valence-corrected chi connectivity index (χ3v) is 3.11. The van der Waals surface area contributed by atoms with Crippen molar-refractivity contribution in [2.75, 3.05) is 32.8 Å². The van der Waals surface area contributed by atoms with Crippen LogP contribution in [0.2, 0.25) is 0 Å². The van der Waals surface area contributed by atoms with Gasteiger partial charge in [-0.3, -0.25) is 14.9 Å². The molecule has 2 amide bonds. The van der Waals surface area contributed by atoms with Crippen LogP contribution < -0.4 is 21.3 Å². The highest BCUT2D eigenvalue weighted by Crippen LogP contribution is 2.09. The molecule has 1 atom stereocenters. The second kappa shape index (κ2) is 10.2. The first-order valence-electron chi connectivity index (χ1n) is 7.09. The van der Waals surface area contributed by atoms with E-state index in [1.807, 2.05) is 6.07 Å². The van der Waals surface area contributed by atoms with Gasteiger partial charge in [-0.2, -0.15) is 5.26 Å². The molecular formula is C13H23N5O2. The van der Waals surface area contributed by atoms with Gasteiger partial charge in [-0.1, -0.05) is 0 Å².